The van der Waals surface area contributed by atoms with Crippen molar-refractivity contribution in [1.82, 2.24) is 24.4 Å². The molecule has 1 amide bonds. The van der Waals surface area contributed by atoms with Gasteiger partial charge in [-0.15, -0.1) is 0 Å². The Morgan fingerprint density at radius 1 is 1.13 bits per heavy atom. The van der Waals surface area contributed by atoms with Crippen molar-refractivity contribution in [1.29, 1.82) is 0 Å². The van der Waals surface area contributed by atoms with Crippen LogP contribution < -0.4 is 15.0 Å². The summed E-state index contributed by atoms with van der Waals surface area (Å²) in [5.41, 5.74) is 1.90. The van der Waals surface area contributed by atoms with Crippen LogP contribution in [0.15, 0.2) is 53.6 Å². The zero-order chi connectivity index (χ0) is 27.1. The lowest BCUT2D eigenvalue weighted by atomic mass is 10.0. The molecule has 39 heavy (non-hydrogen) atoms. The third kappa shape index (κ3) is 4.87. The lowest BCUT2D eigenvalue weighted by molar-refractivity contribution is 0.0940. The first-order valence-electron chi connectivity index (χ1n) is 12.7. The van der Waals surface area contributed by atoms with E-state index < -0.39 is 0 Å². The van der Waals surface area contributed by atoms with Crippen molar-refractivity contribution < 1.29 is 19.0 Å². The Hall–Kier alpha value is -4.18. The summed E-state index contributed by atoms with van der Waals surface area (Å²) >= 11 is 6.03. The molecule has 0 unspecified atom stereocenters. The normalized spacial score (nSPS) is 18.6. The number of aromatic nitrogens is 4. The van der Waals surface area contributed by atoms with Crippen LogP contribution in [0.3, 0.4) is 0 Å². The average molecular weight is 548 g/mol. The molecule has 0 bridgehead atoms. The van der Waals surface area contributed by atoms with Crippen LogP contribution in [0.25, 0.3) is 22.3 Å². The Bertz CT molecular complexity index is 1610. The molecule has 0 aliphatic carbocycles. The number of methoxy groups -OCH3 is 1. The predicted molar refractivity (Wildman–Crippen MR) is 144 cm³/mol. The van der Waals surface area contributed by atoms with E-state index in [0.29, 0.717) is 77.2 Å². The third-order valence-corrected chi connectivity index (χ3v) is 7.45. The first-order valence-corrected chi connectivity index (χ1v) is 13.0. The number of hydrogen-bond acceptors (Lipinski definition) is 8. The number of rotatable bonds is 6. The molecule has 10 nitrogen and oxygen atoms in total. The zero-order valence-corrected chi connectivity index (χ0v) is 22.2. The van der Waals surface area contributed by atoms with Gasteiger partial charge in [-0.3, -0.25) is 9.36 Å². The van der Waals surface area contributed by atoms with Crippen LogP contribution in [0, 0.1) is 6.92 Å². The Balaban J connectivity index is 1.41. The third-order valence-electron chi connectivity index (χ3n) is 7.20. The standard InChI is InChI=1S/C28H26ClN5O5/c1-16-32-24-10-23(26-30-12-21(37-2)13-31-26)25(39-20-7-8-33-19(9-20)15-38-28(33)36)11-22(24)27(35)34(16)14-17-3-5-18(29)6-4-17/h3-6,10-13,19-20H,7-9,14-15H2,1-2H3/t19-,20-/m0/s1. The van der Waals surface area contributed by atoms with Gasteiger partial charge in [0.25, 0.3) is 5.56 Å². The molecule has 4 aromatic rings. The van der Waals surface area contributed by atoms with E-state index in [1.54, 1.807) is 53.2 Å². The Kier molecular flexibility index (Phi) is 6.56. The minimum atomic E-state index is -0.279. The first kappa shape index (κ1) is 25.1. The van der Waals surface area contributed by atoms with Gasteiger partial charge in [0.15, 0.2) is 11.6 Å². The number of cyclic esters (lactones) is 1. The fraction of sp³-hybridized carbons (Fsp3) is 0.321. The van der Waals surface area contributed by atoms with Crippen LogP contribution in [0.5, 0.6) is 11.5 Å². The smallest absolute Gasteiger partial charge is 0.410 e. The molecule has 6 rings (SSSR count). The van der Waals surface area contributed by atoms with Crippen molar-refractivity contribution in [3.63, 3.8) is 0 Å². The number of aryl methyl sites for hydroxylation is 1. The van der Waals surface area contributed by atoms with Crippen molar-refractivity contribution >= 4 is 28.6 Å². The summed E-state index contributed by atoms with van der Waals surface area (Å²) < 4.78 is 18.6. The molecule has 0 radical (unpaired) electrons. The summed E-state index contributed by atoms with van der Waals surface area (Å²) in [6.07, 6.45) is 3.97. The number of benzene rings is 2. The highest BCUT2D eigenvalue weighted by Gasteiger charge is 2.39. The topological polar surface area (TPSA) is 109 Å². The van der Waals surface area contributed by atoms with Gasteiger partial charge in [0.05, 0.1) is 48.6 Å². The van der Waals surface area contributed by atoms with Gasteiger partial charge in [0, 0.05) is 24.4 Å². The van der Waals surface area contributed by atoms with Gasteiger partial charge in [-0.2, -0.15) is 0 Å². The average Bonchev–Trinajstić information content (AvgIpc) is 3.32. The number of halogens is 1. The molecule has 2 saturated heterocycles. The number of fused-ring (bicyclic) bond motifs is 2. The molecule has 0 saturated carbocycles. The zero-order valence-electron chi connectivity index (χ0n) is 21.5. The van der Waals surface area contributed by atoms with Crippen LogP contribution in [0.4, 0.5) is 4.79 Å². The minimum absolute atomic E-state index is 0.0293. The monoisotopic (exact) mass is 547 g/mol. The fourth-order valence-electron chi connectivity index (χ4n) is 5.10. The number of ether oxygens (including phenoxy) is 3. The van der Waals surface area contributed by atoms with E-state index in [2.05, 4.69) is 9.97 Å². The van der Waals surface area contributed by atoms with Gasteiger partial charge in [0.2, 0.25) is 0 Å². The van der Waals surface area contributed by atoms with E-state index in [1.807, 2.05) is 19.1 Å². The van der Waals surface area contributed by atoms with E-state index in [1.165, 1.54) is 0 Å². The van der Waals surface area contributed by atoms with Crippen molar-refractivity contribution in [2.24, 2.45) is 0 Å². The highest BCUT2D eigenvalue weighted by molar-refractivity contribution is 6.30. The molecule has 2 aliphatic heterocycles. The summed E-state index contributed by atoms with van der Waals surface area (Å²) in [7, 11) is 1.55. The fourth-order valence-corrected chi connectivity index (χ4v) is 5.23. The van der Waals surface area contributed by atoms with E-state index in [0.717, 1.165) is 5.56 Å². The maximum atomic E-state index is 13.7. The molecule has 2 aromatic heterocycles. The first-order chi connectivity index (χ1) is 18.9. The number of amides is 1. The van der Waals surface area contributed by atoms with Crippen molar-refractivity contribution in [2.45, 2.75) is 38.5 Å². The summed E-state index contributed by atoms with van der Waals surface area (Å²) in [5, 5.41) is 1.06. The molecule has 11 heteroatoms. The van der Waals surface area contributed by atoms with Crippen LogP contribution in [-0.4, -0.2) is 62.9 Å². The molecule has 2 aliphatic rings. The minimum Gasteiger partial charge on any atom is -0.494 e. The second kappa shape index (κ2) is 10.2. The predicted octanol–water partition coefficient (Wildman–Crippen LogP) is 4.23. The number of hydrogen-bond donors (Lipinski definition) is 0. The summed E-state index contributed by atoms with van der Waals surface area (Å²) in [4.78, 5) is 41.1. The van der Waals surface area contributed by atoms with Gasteiger partial charge in [-0.05, 0) is 36.8 Å². The van der Waals surface area contributed by atoms with Crippen molar-refractivity contribution in [3.05, 3.63) is 75.6 Å². The number of piperidine rings is 1. The highest BCUT2D eigenvalue weighted by atomic mass is 35.5. The molecule has 2 aromatic carbocycles. The Labute approximate surface area is 229 Å². The molecular weight excluding hydrogens is 522 g/mol. The van der Waals surface area contributed by atoms with Gasteiger partial charge in [-0.1, -0.05) is 23.7 Å². The Morgan fingerprint density at radius 3 is 2.64 bits per heavy atom. The lowest BCUT2D eigenvalue weighted by Crippen LogP contribution is -2.44. The summed E-state index contributed by atoms with van der Waals surface area (Å²) in [6.45, 7) is 3.07. The molecule has 0 N–H and O–H groups in total. The molecule has 4 heterocycles. The number of carbonyl (C=O) groups is 1. The van der Waals surface area contributed by atoms with Gasteiger partial charge in [0.1, 0.15) is 24.3 Å². The van der Waals surface area contributed by atoms with Gasteiger partial charge < -0.3 is 19.1 Å². The van der Waals surface area contributed by atoms with Crippen LogP contribution in [0.1, 0.15) is 24.2 Å². The maximum Gasteiger partial charge on any atom is 0.410 e. The number of nitrogens with zero attached hydrogens (tertiary/aromatic N) is 5. The Morgan fingerprint density at radius 2 is 1.90 bits per heavy atom. The van der Waals surface area contributed by atoms with Crippen molar-refractivity contribution in [2.75, 3.05) is 20.3 Å². The number of carbonyl (C=O) groups excluding carboxylic acids is 1. The SMILES string of the molecule is COc1cnc(-c2cc3nc(C)n(Cc4ccc(Cl)cc4)c(=O)c3cc2O[C@H]2CCN3C(=O)OC[C@@H]3C2)nc1. The largest absolute Gasteiger partial charge is 0.494 e. The second-order valence-electron chi connectivity index (χ2n) is 9.68. The van der Waals surface area contributed by atoms with Crippen molar-refractivity contribution in [3.8, 4) is 22.9 Å². The molecule has 2 fully saturated rings. The van der Waals surface area contributed by atoms with E-state index in [4.69, 9.17) is 30.8 Å². The quantitative estimate of drug-likeness (QED) is 0.353. The van der Waals surface area contributed by atoms with E-state index in [-0.39, 0.29) is 23.8 Å². The lowest BCUT2D eigenvalue weighted by Gasteiger charge is -2.33. The summed E-state index contributed by atoms with van der Waals surface area (Å²) in [5.74, 6) is 2.02. The van der Waals surface area contributed by atoms with Crippen LogP contribution >= 0.6 is 11.6 Å². The van der Waals surface area contributed by atoms with E-state index in [9.17, 15) is 9.59 Å². The molecule has 200 valence electrons. The van der Waals surface area contributed by atoms with Gasteiger partial charge >= 0.3 is 6.09 Å². The van der Waals surface area contributed by atoms with Gasteiger partial charge in [-0.25, -0.2) is 19.7 Å². The van der Waals surface area contributed by atoms with Crippen LogP contribution in [0.2, 0.25) is 5.02 Å². The highest BCUT2D eigenvalue weighted by Crippen LogP contribution is 2.35. The van der Waals surface area contributed by atoms with Crippen LogP contribution in [-0.2, 0) is 11.3 Å². The van der Waals surface area contributed by atoms with E-state index >= 15 is 0 Å². The second-order valence-corrected chi connectivity index (χ2v) is 10.1. The molecular formula is C28H26ClN5O5. The molecule has 2 atom stereocenters. The summed E-state index contributed by atoms with van der Waals surface area (Å²) in [6, 6.07) is 10.9. The molecule has 0 spiro atoms. The maximum absolute atomic E-state index is 13.7.